The van der Waals surface area contributed by atoms with Gasteiger partial charge in [0.1, 0.15) is 5.82 Å². The van der Waals surface area contributed by atoms with Crippen molar-refractivity contribution in [3.05, 3.63) is 59.4 Å². The molecule has 5 heteroatoms. The van der Waals surface area contributed by atoms with Crippen LogP contribution in [0.2, 0.25) is 0 Å². The lowest BCUT2D eigenvalue weighted by Crippen LogP contribution is -2.05. The number of aryl methyl sites for hydroxylation is 1. The van der Waals surface area contributed by atoms with Crippen molar-refractivity contribution in [2.45, 2.75) is 26.7 Å². The first-order valence-corrected chi connectivity index (χ1v) is 8.26. The molecule has 0 unspecified atom stereocenters. The van der Waals surface area contributed by atoms with Gasteiger partial charge < -0.3 is 9.47 Å². The van der Waals surface area contributed by atoms with Gasteiger partial charge in [0.05, 0.1) is 18.8 Å². The summed E-state index contributed by atoms with van der Waals surface area (Å²) in [6.45, 7) is 4.14. The van der Waals surface area contributed by atoms with Gasteiger partial charge in [0.15, 0.2) is 0 Å². The minimum absolute atomic E-state index is 0.223. The highest BCUT2D eigenvalue weighted by atomic mass is 19.1. The molecule has 0 amide bonds. The fourth-order valence-electron chi connectivity index (χ4n) is 2.43. The number of hydrogen-bond donors (Lipinski definition) is 0. The Bertz CT molecular complexity index is 738. The quantitative estimate of drug-likeness (QED) is 0.708. The van der Waals surface area contributed by atoms with Crippen molar-refractivity contribution in [3.63, 3.8) is 0 Å². The summed E-state index contributed by atoms with van der Waals surface area (Å²) in [4.78, 5) is 23.0. The number of carbonyl (C=O) groups is 2. The lowest BCUT2D eigenvalue weighted by molar-refractivity contribution is -0.143. The van der Waals surface area contributed by atoms with Crippen LogP contribution in [0.1, 0.15) is 36.2 Å². The van der Waals surface area contributed by atoms with Crippen LogP contribution >= 0.6 is 0 Å². The zero-order valence-electron chi connectivity index (χ0n) is 14.4. The van der Waals surface area contributed by atoms with Gasteiger partial charge in [0.25, 0.3) is 0 Å². The third-order valence-corrected chi connectivity index (χ3v) is 3.66. The van der Waals surface area contributed by atoms with Crippen molar-refractivity contribution in [2.75, 3.05) is 13.2 Å². The van der Waals surface area contributed by atoms with Crippen LogP contribution in [0.25, 0.3) is 11.1 Å². The molecule has 132 valence electrons. The minimum Gasteiger partial charge on any atom is -0.466 e. The summed E-state index contributed by atoms with van der Waals surface area (Å²) in [7, 11) is 0. The fraction of sp³-hybridized carbons (Fsp3) is 0.300. The van der Waals surface area contributed by atoms with Crippen LogP contribution in [0.3, 0.4) is 0 Å². The number of ether oxygens (including phenoxy) is 2. The highest BCUT2D eigenvalue weighted by Crippen LogP contribution is 2.24. The Morgan fingerprint density at radius 3 is 2.24 bits per heavy atom. The SMILES string of the molecule is CCOC(=O)CCc1ccc(-c2ccc(C(=O)OCC)cc2)c(F)c1. The van der Waals surface area contributed by atoms with Crippen molar-refractivity contribution in [1.29, 1.82) is 0 Å². The lowest BCUT2D eigenvalue weighted by Gasteiger charge is -2.08. The number of esters is 2. The van der Waals surface area contributed by atoms with Crippen LogP contribution in [-0.2, 0) is 20.7 Å². The molecule has 0 aliphatic carbocycles. The van der Waals surface area contributed by atoms with Gasteiger partial charge in [-0.3, -0.25) is 4.79 Å². The first-order valence-electron chi connectivity index (χ1n) is 8.26. The topological polar surface area (TPSA) is 52.6 Å². The maximum Gasteiger partial charge on any atom is 0.338 e. The number of hydrogen-bond acceptors (Lipinski definition) is 4. The van der Waals surface area contributed by atoms with Crippen molar-refractivity contribution < 1.29 is 23.5 Å². The molecule has 0 atom stereocenters. The molecule has 0 N–H and O–H groups in total. The van der Waals surface area contributed by atoms with Crippen molar-refractivity contribution in [3.8, 4) is 11.1 Å². The summed E-state index contributed by atoms with van der Waals surface area (Å²) in [5.41, 5.74) is 2.27. The fourth-order valence-corrected chi connectivity index (χ4v) is 2.43. The van der Waals surface area contributed by atoms with Gasteiger partial charge in [-0.05, 0) is 49.6 Å². The van der Waals surface area contributed by atoms with E-state index in [9.17, 15) is 14.0 Å². The molecule has 0 aliphatic heterocycles. The normalized spacial score (nSPS) is 10.4. The van der Waals surface area contributed by atoms with E-state index in [2.05, 4.69) is 0 Å². The molecule has 0 spiro atoms. The maximum atomic E-state index is 14.4. The van der Waals surface area contributed by atoms with E-state index in [1.807, 2.05) is 0 Å². The van der Waals surface area contributed by atoms with Crippen molar-refractivity contribution in [1.82, 2.24) is 0 Å². The molecule has 4 nitrogen and oxygen atoms in total. The smallest absolute Gasteiger partial charge is 0.338 e. The number of benzene rings is 2. The van der Waals surface area contributed by atoms with E-state index in [0.717, 1.165) is 5.56 Å². The molecule has 2 rings (SSSR count). The summed E-state index contributed by atoms with van der Waals surface area (Å²) >= 11 is 0. The van der Waals surface area contributed by atoms with E-state index in [0.29, 0.717) is 36.3 Å². The average Bonchev–Trinajstić information content (AvgIpc) is 2.61. The Labute approximate surface area is 146 Å². The molecule has 2 aromatic carbocycles. The summed E-state index contributed by atoms with van der Waals surface area (Å²) in [5, 5.41) is 0. The number of rotatable bonds is 7. The van der Waals surface area contributed by atoms with Gasteiger partial charge in [-0.25, -0.2) is 9.18 Å². The van der Waals surface area contributed by atoms with Crippen LogP contribution < -0.4 is 0 Å². The Morgan fingerprint density at radius 1 is 0.960 bits per heavy atom. The molecule has 0 heterocycles. The summed E-state index contributed by atoms with van der Waals surface area (Å²) < 4.78 is 24.2. The number of carbonyl (C=O) groups excluding carboxylic acids is 2. The minimum atomic E-state index is -0.399. The predicted molar refractivity (Wildman–Crippen MR) is 92.7 cm³/mol. The summed E-state index contributed by atoms with van der Waals surface area (Å²) in [6.07, 6.45) is 0.651. The molecule has 25 heavy (non-hydrogen) atoms. The monoisotopic (exact) mass is 344 g/mol. The second-order valence-electron chi connectivity index (χ2n) is 5.42. The lowest BCUT2D eigenvalue weighted by atomic mass is 10.0. The first-order chi connectivity index (χ1) is 12.0. The predicted octanol–water partition coefficient (Wildman–Crippen LogP) is 4.17. The van der Waals surface area contributed by atoms with Gasteiger partial charge in [-0.15, -0.1) is 0 Å². The van der Waals surface area contributed by atoms with Crippen LogP contribution in [0.5, 0.6) is 0 Å². The molecular formula is C20H21FO4. The van der Waals surface area contributed by atoms with E-state index in [1.165, 1.54) is 6.07 Å². The highest BCUT2D eigenvalue weighted by Gasteiger charge is 2.10. The molecule has 0 saturated carbocycles. The van der Waals surface area contributed by atoms with Gasteiger partial charge in [-0.1, -0.05) is 24.3 Å². The molecular weight excluding hydrogens is 323 g/mol. The first kappa shape index (κ1) is 18.6. The van der Waals surface area contributed by atoms with Crippen molar-refractivity contribution in [2.24, 2.45) is 0 Å². The number of halogens is 1. The molecule has 0 aliphatic rings. The Kier molecular flexibility index (Phi) is 6.69. The molecule has 2 aromatic rings. The van der Waals surface area contributed by atoms with Gasteiger partial charge in [0.2, 0.25) is 0 Å². The largest absolute Gasteiger partial charge is 0.466 e. The van der Waals surface area contributed by atoms with Crippen LogP contribution in [-0.4, -0.2) is 25.2 Å². The van der Waals surface area contributed by atoms with Crippen LogP contribution in [0.15, 0.2) is 42.5 Å². The third kappa shape index (κ3) is 5.14. The van der Waals surface area contributed by atoms with E-state index in [1.54, 1.807) is 50.2 Å². The molecule has 0 bridgehead atoms. The Hall–Kier alpha value is -2.69. The average molecular weight is 344 g/mol. The second-order valence-corrected chi connectivity index (χ2v) is 5.42. The molecule has 0 saturated heterocycles. The zero-order valence-corrected chi connectivity index (χ0v) is 14.4. The highest BCUT2D eigenvalue weighted by molar-refractivity contribution is 5.90. The molecule has 0 radical (unpaired) electrons. The van der Waals surface area contributed by atoms with E-state index in [4.69, 9.17) is 9.47 Å². The summed E-state index contributed by atoms with van der Waals surface area (Å²) in [5.74, 6) is -1.06. The maximum absolute atomic E-state index is 14.4. The third-order valence-electron chi connectivity index (χ3n) is 3.66. The Balaban J connectivity index is 2.10. The second kappa shape index (κ2) is 8.97. The van der Waals surface area contributed by atoms with E-state index >= 15 is 0 Å². The summed E-state index contributed by atoms with van der Waals surface area (Å²) in [6, 6.07) is 11.5. The van der Waals surface area contributed by atoms with E-state index < -0.39 is 5.97 Å². The van der Waals surface area contributed by atoms with Gasteiger partial charge in [-0.2, -0.15) is 0 Å². The van der Waals surface area contributed by atoms with Gasteiger partial charge in [0, 0.05) is 12.0 Å². The Morgan fingerprint density at radius 2 is 1.64 bits per heavy atom. The van der Waals surface area contributed by atoms with E-state index in [-0.39, 0.29) is 18.2 Å². The molecule has 0 aromatic heterocycles. The van der Waals surface area contributed by atoms with Crippen molar-refractivity contribution >= 4 is 11.9 Å². The molecule has 0 fully saturated rings. The zero-order chi connectivity index (χ0) is 18.2. The standard InChI is InChI=1S/C20H21FO4/c1-3-24-19(22)12-6-14-5-11-17(18(21)13-14)15-7-9-16(10-8-15)20(23)25-4-2/h5,7-11,13H,3-4,6,12H2,1-2H3. The van der Waals surface area contributed by atoms with Crippen LogP contribution in [0, 0.1) is 5.82 Å². The van der Waals surface area contributed by atoms with Crippen LogP contribution in [0.4, 0.5) is 4.39 Å². The van der Waals surface area contributed by atoms with Gasteiger partial charge >= 0.3 is 11.9 Å².